The molecule has 1 aliphatic rings. The van der Waals surface area contributed by atoms with Crippen LogP contribution in [0.3, 0.4) is 0 Å². The van der Waals surface area contributed by atoms with E-state index >= 15 is 0 Å². The Morgan fingerprint density at radius 3 is 2.54 bits per heavy atom. The van der Waals surface area contributed by atoms with Gasteiger partial charge in [0.05, 0.1) is 12.0 Å². The van der Waals surface area contributed by atoms with Crippen LogP contribution in [0.5, 0.6) is 0 Å². The van der Waals surface area contributed by atoms with Gasteiger partial charge in [0.15, 0.2) is 0 Å². The molecule has 0 bridgehead atoms. The van der Waals surface area contributed by atoms with Crippen molar-refractivity contribution in [2.75, 3.05) is 18.9 Å². The number of rotatable bonds is 3. The van der Waals surface area contributed by atoms with Crippen LogP contribution in [-0.2, 0) is 9.59 Å². The molecule has 0 spiro atoms. The maximum atomic E-state index is 12.3. The summed E-state index contributed by atoms with van der Waals surface area (Å²) in [5, 5.41) is 2.91. The van der Waals surface area contributed by atoms with Crippen LogP contribution in [0.4, 0.5) is 5.69 Å². The molecule has 1 saturated heterocycles. The number of likely N-dealkylation sites (tertiary alicyclic amines) is 1. The van der Waals surface area contributed by atoms with Crippen LogP contribution in [-0.4, -0.2) is 39.9 Å². The highest BCUT2D eigenvalue weighted by Gasteiger charge is 2.28. The van der Waals surface area contributed by atoms with Gasteiger partial charge in [-0.3, -0.25) is 9.59 Å². The smallest absolute Gasteiger partial charge is 0.228 e. The average Bonchev–Trinajstić information content (AvgIpc) is 2.90. The molecular formula is C18H22N4O2. The standard InChI is InChI=1S/C18H22N4O2/c1-12-13(2)22(11-19-12)16-6-4-15(5-7-16)20-18(24)14-8-9-21(3)17(23)10-14/h4-7,11,14H,8-10H2,1-3H3,(H,20,24). The lowest BCUT2D eigenvalue weighted by molar-refractivity contribution is -0.137. The van der Waals surface area contributed by atoms with E-state index in [4.69, 9.17) is 0 Å². The van der Waals surface area contributed by atoms with Crippen LogP contribution in [0.15, 0.2) is 30.6 Å². The number of carbonyl (C=O) groups is 2. The number of piperidine rings is 1. The molecule has 24 heavy (non-hydrogen) atoms. The number of nitrogens with zero attached hydrogens (tertiary/aromatic N) is 3. The Bertz CT molecular complexity index is 764. The fraction of sp³-hybridized carbons (Fsp3) is 0.389. The van der Waals surface area contributed by atoms with Gasteiger partial charge in [-0.25, -0.2) is 4.98 Å². The van der Waals surface area contributed by atoms with Gasteiger partial charge in [-0.2, -0.15) is 0 Å². The average molecular weight is 326 g/mol. The third-order valence-electron chi connectivity index (χ3n) is 4.70. The highest BCUT2D eigenvalue weighted by atomic mass is 16.2. The number of hydrogen-bond donors (Lipinski definition) is 1. The van der Waals surface area contributed by atoms with Crippen molar-refractivity contribution in [2.24, 2.45) is 5.92 Å². The number of imidazole rings is 1. The van der Waals surface area contributed by atoms with Crippen LogP contribution >= 0.6 is 0 Å². The number of benzene rings is 1. The van der Waals surface area contributed by atoms with Crippen LogP contribution in [0.1, 0.15) is 24.2 Å². The zero-order valence-corrected chi connectivity index (χ0v) is 14.2. The largest absolute Gasteiger partial charge is 0.346 e. The van der Waals surface area contributed by atoms with Crippen molar-refractivity contribution in [3.8, 4) is 5.69 Å². The Labute approximate surface area is 141 Å². The van der Waals surface area contributed by atoms with Gasteiger partial charge in [0.1, 0.15) is 0 Å². The van der Waals surface area contributed by atoms with Gasteiger partial charge in [-0.1, -0.05) is 0 Å². The third-order valence-corrected chi connectivity index (χ3v) is 4.70. The van der Waals surface area contributed by atoms with Crippen molar-refractivity contribution >= 4 is 17.5 Å². The Kier molecular flexibility index (Phi) is 4.38. The lowest BCUT2D eigenvalue weighted by Crippen LogP contribution is -2.39. The quantitative estimate of drug-likeness (QED) is 0.941. The van der Waals surface area contributed by atoms with E-state index in [0.29, 0.717) is 13.0 Å². The summed E-state index contributed by atoms with van der Waals surface area (Å²) in [6.07, 6.45) is 2.79. The highest BCUT2D eigenvalue weighted by Crippen LogP contribution is 2.21. The fourth-order valence-corrected chi connectivity index (χ4v) is 2.88. The minimum Gasteiger partial charge on any atom is -0.346 e. The van der Waals surface area contributed by atoms with E-state index in [0.717, 1.165) is 22.8 Å². The minimum atomic E-state index is -0.244. The second-order valence-corrected chi connectivity index (χ2v) is 6.33. The molecule has 1 atom stereocenters. The number of hydrogen-bond acceptors (Lipinski definition) is 3. The van der Waals surface area contributed by atoms with Crippen molar-refractivity contribution in [1.29, 1.82) is 0 Å². The van der Waals surface area contributed by atoms with Crippen molar-refractivity contribution in [3.05, 3.63) is 42.0 Å². The molecular weight excluding hydrogens is 304 g/mol. The second kappa shape index (κ2) is 6.47. The fourth-order valence-electron chi connectivity index (χ4n) is 2.88. The van der Waals surface area contributed by atoms with E-state index < -0.39 is 0 Å². The van der Waals surface area contributed by atoms with Crippen molar-refractivity contribution < 1.29 is 9.59 Å². The summed E-state index contributed by atoms with van der Waals surface area (Å²) >= 11 is 0. The van der Waals surface area contributed by atoms with E-state index in [-0.39, 0.29) is 24.2 Å². The number of nitrogens with one attached hydrogen (secondary N) is 1. The molecule has 0 saturated carbocycles. The predicted octanol–water partition coefficient (Wildman–Crippen LogP) is 2.30. The van der Waals surface area contributed by atoms with Crippen molar-refractivity contribution in [3.63, 3.8) is 0 Å². The normalized spacial score (nSPS) is 17.9. The molecule has 1 aromatic carbocycles. The molecule has 1 aromatic heterocycles. The van der Waals surface area contributed by atoms with E-state index in [1.807, 2.05) is 42.7 Å². The summed E-state index contributed by atoms with van der Waals surface area (Å²) in [4.78, 5) is 30.0. The molecule has 0 radical (unpaired) electrons. The maximum Gasteiger partial charge on any atom is 0.228 e. The SMILES string of the molecule is Cc1ncn(-c2ccc(NC(=O)C3CCN(C)C(=O)C3)cc2)c1C. The Morgan fingerprint density at radius 2 is 1.96 bits per heavy atom. The zero-order chi connectivity index (χ0) is 17.3. The molecule has 0 aliphatic carbocycles. The first kappa shape index (κ1) is 16.2. The van der Waals surface area contributed by atoms with Crippen LogP contribution in [0, 0.1) is 19.8 Å². The first-order chi connectivity index (χ1) is 11.5. The van der Waals surface area contributed by atoms with Gasteiger partial charge in [-0.15, -0.1) is 0 Å². The summed E-state index contributed by atoms with van der Waals surface area (Å²) in [5.41, 5.74) is 3.83. The Balaban J connectivity index is 1.67. The first-order valence-electron chi connectivity index (χ1n) is 8.11. The number of amides is 2. The Hall–Kier alpha value is -2.63. The maximum absolute atomic E-state index is 12.3. The number of anilines is 1. The molecule has 2 heterocycles. The van der Waals surface area contributed by atoms with Gasteiger partial charge in [0.2, 0.25) is 11.8 Å². The molecule has 6 heteroatoms. The van der Waals surface area contributed by atoms with E-state index in [9.17, 15) is 9.59 Å². The van der Waals surface area contributed by atoms with Gasteiger partial charge in [0, 0.05) is 43.0 Å². The van der Waals surface area contributed by atoms with E-state index in [1.54, 1.807) is 18.3 Å². The first-order valence-corrected chi connectivity index (χ1v) is 8.11. The zero-order valence-electron chi connectivity index (χ0n) is 14.2. The second-order valence-electron chi connectivity index (χ2n) is 6.33. The lowest BCUT2D eigenvalue weighted by Gasteiger charge is -2.27. The van der Waals surface area contributed by atoms with Crippen LogP contribution < -0.4 is 5.32 Å². The number of aromatic nitrogens is 2. The van der Waals surface area contributed by atoms with Crippen LogP contribution in [0.2, 0.25) is 0 Å². The van der Waals surface area contributed by atoms with Gasteiger partial charge in [0.25, 0.3) is 0 Å². The summed E-state index contributed by atoms with van der Waals surface area (Å²) in [7, 11) is 1.77. The van der Waals surface area contributed by atoms with Gasteiger partial charge in [-0.05, 0) is 44.5 Å². The van der Waals surface area contributed by atoms with Crippen LogP contribution in [0.25, 0.3) is 5.69 Å². The third kappa shape index (κ3) is 3.18. The molecule has 1 aliphatic heterocycles. The minimum absolute atomic E-state index is 0.0303. The molecule has 1 N–H and O–H groups in total. The summed E-state index contributed by atoms with van der Waals surface area (Å²) < 4.78 is 2.01. The molecule has 2 amide bonds. The highest BCUT2D eigenvalue weighted by molar-refractivity contribution is 5.95. The topological polar surface area (TPSA) is 67.2 Å². The van der Waals surface area contributed by atoms with Gasteiger partial charge < -0.3 is 14.8 Å². The number of carbonyl (C=O) groups excluding carboxylic acids is 2. The van der Waals surface area contributed by atoms with Crippen molar-refractivity contribution in [2.45, 2.75) is 26.7 Å². The van der Waals surface area contributed by atoms with E-state index in [2.05, 4.69) is 10.3 Å². The molecule has 126 valence electrons. The molecule has 1 fully saturated rings. The lowest BCUT2D eigenvalue weighted by atomic mass is 9.95. The number of aryl methyl sites for hydroxylation is 1. The summed E-state index contributed by atoms with van der Waals surface area (Å²) in [6, 6.07) is 7.64. The Morgan fingerprint density at radius 1 is 1.25 bits per heavy atom. The molecule has 3 rings (SSSR count). The molecule has 2 aromatic rings. The monoisotopic (exact) mass is 326 g/mol. The van der Waals surface area contributed by atoms with Gasteiger partial charge >= 0.3 is 0 Å². The molecule has 1 unspecified atom stereocenters. The van der Waals surface area contributed by atoms with Crippen molar-refractivity contribution in [1.82, 2.24) is 14.5 Å². The summed E-state index contributed by atoms with van der Waals surface area (Å²) in [5.74, 6) is -0.298. The summed E-state index contributed by atoms with van der Waals surface area (Å²) in [6.45, 7) is 4.63. The molecule has 6 nitrogen and oxygen atoms in total. The predicted molar refractivity (Wildman–Crippen MR) is 92.0 cm³/mol. The van der Waals surface area contributed by atoms with E-state index in [1.165, 1.54) is 0 Å².